The average Bonchev–Trinajstić information content (AvgIpc) is 2.77. The second kappa shape index (κ2) is 9.61. The van der Waals surface area contributed by atoms with Gasteiger partial charge in [0.05, 0.1) is 11.1 Å². The van der Waals surface area contributed by atoms with Crippen LogP contribution >= 0.6 is 0 Å². The minimum Gasteiger partial charge on any atom is -0.508 e. The van der Waals surface area contributed by atoms with Crippen LogP contribution in [0.15, 0.2) is 62.9 Å². The molecule has 1 unspecified atom stereocenters. The Balaban J connectivity index is 1.85. The van der Waals surface area contributed by atoms with Gasteiger partial charge in [-0.05, 0) is 78.2 Å². The fraction of sp³-hybridized carbons (Fsp3) is 0.300. The largest absolute Gasteiger partial charge is 0.508 e. The summed E-state index contributed by atoms with van der Waals surface area (Å²) in [4.78, 5) is 13.4. The average molecular weight is 489 g/mol. The van der Waals surface area contributed by atoms with Gasteiger partial charge in [-0.15, -0.1) is 0 Å². The first kappa shape index (κ1) is 25.2. The second-order valence-corrected chi connectivity index (χ2v) is 10.0. The van der Waals surface area contributed by atoms with Gasteiger partial charge >= 0.3 is 0 Å². The Morgan fingerprint density at radius 3 is 2.44 bits per heavy atom. The summed E-state index contributed by atoms with van der Waals surface area (Å²) >= 11 is 0. The van der Waals surface area contributed by atoms with Gasteiger partial charge in [-0.3, -0.25) is 4.79 Å². The molecule has 0 aliphatic carbocycles. The Labute approximate surface area is 210 Å². The van der Waals surface area contributed by atoms with E-state index in [1.54, 1.807) is 12.1 Å². The molecule has 1 aliphatic heterocycles. The van der Waals surface area contributed by atoms with Crippen LogP contribution in [-0.2, 0) is 6.42 Å². The van der Waals surface area contributed by atoms with Crippen molar-refractivity contribution in [2.24, 2.45) is 0 Å². The zero-order valence-electron chi connectivity index (χ0n) is 21.3. The van der Waals surface area contributed by atoms with E-state index in [9.17, 15) is 20.1 Å². The Kier molecular flexibility index (Phi) is 6.72. The highest BCUT2D eigenvalue weighted by atomic mass is 16.5. The summed E-state index contributed by atoms with van der Waals surface area (Å²) in [5, 5.41) is 31.5. The van der Waals surface area contributed by atoms with Gasteiger partial charge in [0.1, 0.15) is 45.3 Å². The van der Waals surface area contributed by atoms with Crippen LogP contribution in [0, 0.1) is 0 Å². The zero-order valence-corrected chi connectivity index (χ0v) is 21.3. The van der Waals surface area contributed by atoms with Crippen molar-refractivity contribution in [1.82, 2.24) is 0 Å². The first-order valence-corrected chi connectivity index (χ1v) is 12.0. The van der Waals surface area contributed by atoms with E-state index in [4.69, 9.17) is 9.15 Å². The Morgan fingerprint density at radius 2 is 1.75 bits per heavy atom. The molecule has 0 saturated carbocycles. The molecule has 0 bridgehead atoms. The molecule has 0 amide bonds. The number of allylic oxidation sites excluding steroid dienone is 4. The van der Waals surface area contributed by atoms with Gasteiger partial charge in [0, 0.05) is 17.7 Å². The van der Waals surface area contributed by atoms with Crippen LogP contribution in [-0.4, -0.2) is 20.9 Å². The third-order valence-electron chi connectivity index (χ3n) is 6.33. The summed E-state index contributed by atoms with van der Waals surface area (Å²) in [6, 6.07) is 5.82. The van der Waals surface area contributed by atoms with E-state index in [2.05, 4.69) is 19.9 Å². The van der Waals surface area contributed by atoms with Gasteiger partial charge in [-0.2, -0.15) is 0 Å². The summed E-state index contributed by atoms with van der Waals surface area (Å²) < 4.78 is 12.3. The monoisotopic (exact) mass is 488 g/mol. The number of benzene rings is 2. The van der Waals surface area contributed by atoms with Crippen molar-refractivity contribution < 1.29 is 24.5 Å². The van der Waals surface area contributed by atoms with Crippen molar-refractivity contribution >= 4 is 17.0 Å². The number of ether oxygens (including phenoxy) is 1. The summed E-state index contributed by atoms with van der Waals surface area (Å²) in [7, 11) is 0. The van der Waals surface area contributed by atoms with E-state index in [0.717, 1.165) is 24.5 Å². The smallest absolute Gasteiger partial charge is 0.200 e. The van der Waals surface area contributed by atoms with Crippen LogP contribution in [0.5, 0.6) is 23.0 Å². The first-order valence-electron chi connectivity index (χ1n) is 12.0. The number of fused-ring (bicyclic) bond motifs is 2. The highest BCUT2D eigenvalue weighted by Crippen LogP contribution is 2.44. The van der Waals surface area contributed by atoms with E-state index >= 15 is 0 Å². The van der Waals surface area contributed by atoms with E-state index in [1.807, 2.05) is 39.0 Å². The van der Waals surface area contributed by atoms with Gasteiger partial charge in [-0.1, -0.05) is 23.3 Å². The van der Waals surface area contributed by atoms with Crippen LogP contribution in [0.4, 0.5) is 0 Å². The maximum Gasteiger partial charge on any atom is 0.200 e. The quantitative estimate of drug-likeness (QED) is 0.323. The van der Waals surface area contributed by atoms with Crippen LogP contribution in [0.1, 0.15) is 58.6 Å². The predicted octanol–water partition coefficient (Wildman–Crippen LogP) is 7.00. The second-order valence-electron chi connectivity index (χ2n) is 10.0. The third kappa shape index (κ3) is 4.89. The van der Waals surface area contributed by atoms with Gasteiger partial charge in [0.15, 0.2) is 0 Å². The molecule has 0 radical (unpaired) electrons. The van der Waals surface area contributed by atoms with Gasteiger partial charge in [0.25, 0.3) is 0 Å². The highest BCUT2D eigenvalue weighted by Gasteiger charge is 2.30. The van der Waals surface area contributed by atoms with Crippen molar-refractivity contribution in [2.75, 3.05) is 0 Å². The van der Waals surface area contributed by atoms with E-state index < -0.39 is 11.0 Å². The lowest BCUT2D eigenvalue weighted by Crippen LogP contribution is -2.31. The molecule has 1 aliphatic rings. The molecule has 0 fully saturated rings. The van der Waals surface area contributed by atoms with Crippen molar-refractivity contribution in [3.63, 3.8) is 0 Å². The Bertz CT molecular complexity index is 1480. The number of hydrogen-bond acceptors (Lipinski definition) is 6. The van der Waals surface area contributed by atoms with Crippen LogP contribution < -0.4 is 10.2 Å². The standard InChI is InChI=1S/C30H32O6/c1-17(2)7-6-13-30(5)14-12-20-24(36-30)11-10-21(27(20)33)29-22(9-8-18(3)4)28(34)26-23(32)15-19(31)16-25(26)35-29/h7-8,10-12,14-16,31-33H,6,9,13H2,1-5H3. The first-order chi connectivity index (χ1) is 17.0. The molecule has 2 aromatic carbocycles. The Hall–Kier alpha value is -3.93. The molecular weight excluding hydrogens is 456 g/mol. The molecule has 4 rings (SSSR count). The maximum absolute atomic E-state index is 13.4. The fourth-order valence-corrected chi connectivity index (χ4v) is 4.38. The van der Waals surface area contributed by atoms with Crippen molar-refractivity contribution in [3.05, 3.63) is 75.0 Å². The van der Waals surface area contributed by atoms with E-state index in [1.165, 1.54) is 11.6 Å². The molecule has 3 aromatic rings. The van der Waals surface area contributed by atoms with Crippen molar-refractivity contribution in [2.45, 2.75) is 59.5 Å². The molecule has 6 nitrogen and oxygen atoms in total. The molecule has 6 heteroatoms. The SMILES string of the molecule is CC(C)=CCCC1(C)C=Cc2c(ccc(-c3oc4cc(O)cc(O)c4c(=O)c3CC=C(C)C)c2O)O1. The van der Waals surface area contributed by atoms with E-state index in [0.29, 0.717) is 22.4 Å². The summed E-state index contributed by atoms with van der Waals surface area (Å²) in [5.74, 6) is 0.0652. The Morgan fingerprint density at radius 1 is 1.03 bits per heavy atom. The van der Waals surface area contributed by atoms with Gasteiger partial charge < -0.3 is 24.5 Å². The molecule has 2 heterocycles. The lowest BCUT2D eigenvalue weighted by Gasteiger charge is -2.32. The maximum atomic E-state index is 13.4. The normalized spacial score (nSPS) is 16.4. The van der Waals surface area contributed by atoms with Crippen LogP contribution in [0.25, 0.3) is 28.4 Å². The third-order valence-corrected chi connectivity index (χ3v) is 6.33. The molecule has 0 spiro atoms. The fourth-order valence-electron chi connectivity index (χ4n) is 4.38. The molecule has 1 aromatic heterocycles. The number of hydrogen-bond donors (Lipinski definition) is 3. The van der Waals surface area contributed by atoms with E-state index in [-0.39, 0.29) is 40.4 Å². The lowest BCUT2D eigenvalue weighted by molar-refractivity contribution is 0.128. The van der Waals surface area contributed by atoms with Crippen molar-refractivity contribution in [1.29, 1.82) is 0 Å². The van der Waals surface area contributed by atoms with Gasteiger partial charge in [-0.25, -0.2) is 0 Å². The molecular formula is C30H32O6. The minimum absolute atomic E-state index is 0.0125. The summed E-state index contributed by atoms with van der Waals surface area (Å²) in [6.07, 6.45) is 9.75. The lowest BCUT2D eigenvalue weighted by atomic mass is 9.92. The molecule has 1 atom stereocenters. The minimum atomic E-state index is -0.508. The summed E-state index contributed by atoms with van der Waals surface area (Å²) in [5.41, 5.74) is 2.49. The zero-order chi connectivity index (χ0) is 26.2. The molecule has 36 heavy (non-hydrogen) atoms. The van der Waals surface area contributed by atoms with Crippen LogP contribution in [0.3, 0.4) is 0 Å². The topological polar surface area (TPSA) is 100 Å². The molecule has 0 saturated heterocycles. The van der Waals surface area contributed by atoms with Crippen LogP contribution in [0.2, 0.25) is 0 Å². The number of aromatic hydroxyl groups is 3. The molecule has 188 valence electrons. The van der Waals surface area contributed by atoms with Gasteiger partial charge in [0.2, 0.25) is 5.43 Å². The number of phenols is 3. The molecule has 3 N–H and O–H groups in total. The highest BCUT2D eigenvalue weighted by molar-refractivity contribution is 5.88. The predicted molar refractivity (Wildman–Crippen MR) is 143 cm³/mol. The van der Waals surface area contributed by atoms with Crippen molar-refractivity contribution in [3.8, 4) is 34.3 Å². The number of rotatable bonds is 6. The summed E-state index contributed by atoms with van der Waals surface area (Å²) in [6.45, 7) is 9.98. The number of phenolic OH excluding ortho intramolecular Hbond substituents is 3.